The van der Waals surface area contributed by atoms with E-state index >= 15 is 0 Å². The van der Waals surface area contributed by atoms with Gasteiger partial charge in [-0.25, -0.2) is 0 Å². The van der Waals surface area contributed by atoms with Crippen molar-refractivity contribution >= 4 is 11.8 Å². The maximum Gasteiger partial charge on any atom is 0.261 e. The minimum Gasteiger partial charge on any atom is -0.484 e. The standard InChI is InChI=1S/C23H30N2O3/c1-5-21(23(27)24-6-2)25(15-19-9-7-8-18(4)14-19)22(26)16-28-20-12-10-17(3)11-13-20/h7-14,21H,5-6,15-16H2,1-4H3,(H,24,27). The Morgan fingerprint density at radius 3 is 2.36 bits per heavy atom. The Morgan fingerprint density at radius 1 is 1.04 bits per heavy atom. The maximum absolute atomic E-state index is 13.0. The molecule has 0 saturated heterocycles. The molecular weight excluding hydrogens is 352 g/mol. The summed E-state index contributed by atoms with van der Waals surface area (Å²) in [5, 5.41) is 2.84. The molecule has 1 atom stereocenters. The van der Waals surface area contributed by atoms with Crippen LogP contribution in [0, 0.1) is 13.8 Å². The highest BCUT2D eigenvalue weighted by atomic mass is 16.5. The lowest BCUT2D eigenvalue weighted by Gasteiger charge is -2.30. The second kappa shape index (κ2) is 10.5. The monoisotopic (exact) mass is 382 g/mol. The first-order chi connectivity index (χ1) is 13.4. The third-order valence-corrected chi connectivity index (χ3v) is 4.56. The molecule has 0 fully saturated rings. The summed E-state index contributed by atoms with van der Waals surface area (Å²) in [6, 6.07) is 15.0. The van der Waals surface area contributed by atoms with Gasteiger partial charge in [0.1, 0.15) is 11.8 Å². The highest BCUT2D eigenvalue weighted by Crippen LogP contribution is 2.16. The Morgan fingerprint density at radius 2 is 1.75 bits per heavy atom. The maximum atomic E-state index is 13.0. The summed E-state index contributed by atoms with van der Waals surface area (Å²) in [6.07, 6.45) is 0.536. The van der Waals surface area contributed by atoms with Crippen molar-refractivity contribution in [2.24, 2.45) is 0 Å². The average Bonchev–Trinajstić information content (AvgIpc) is 2.67. The van der Waals surface area contributed by atoms with E-state index in [2.05, 4.69) is 5.32 Å². The summed E-state index contributed by atoms with van der Waals surface area (Å²) in [6.45, 7) is 8.59. The van der Waals surface area contributed by atoms with Gasteiger partial charge in [-0.3, -0.25) is 9.59 Å². The summed E-state index contributed by atoms with van der Waals surface area (Å²) >= 11 is 0. The molecule has 0 aromatic heterocycles. The minimum atomic E-state index is -0.533. The van der Waals surface area contributed by atoms with Crippen molar-refractivity contribution < 1.29 is 14.3 Å². The van der Waals surface area contributed by atoms with Gasteiger partial charge >= 0.3 is 0 Å². The fraction of sp³-hybridized carbons (Fsp3) is 0.391. The summed E-state index contributed by atoms with van der Waals surface area (Å²) in [5.41, 5.74) is 3.24. The first-order valence-corrected chi connectivity index (χ1v) is 9.76. The van der Waals surface area contributed by atoms with Crippen LogP contribution in [0.5, 0.6) is 5.75 Å². The normalized spacial score (nSPS) is 11.6. The zero-order chi connectivity index (χ0) is 20.5. The zero-order valence-electron chi connectivity index (χ0n) is 17.2. The summed E-state index contributed by atoms with van der Waals surface area (Å²) in [7, 11) is 0. The van der Waals surface area contributed by atoms with E-state index in [-0.39, 0.29) is 18.4 Å². The van der Waals surface area contributed by atoms with E-state index in [1.54, 1.807) is 4.90 Å². The number of nitrogens with one attached hydrogen (secondary N) is 1. The van der Waals surface area contributed by atoms with E-state index in [0.717, 1.165) is 16.7 Å². The van der Waals surface area contributed by atoms with Crippen LogP contribution in [-0.4, -0.2) is 35.9 Å². The first-order valence-electron chi connectivity index (χ1n) is 9.76. The summed E-state index contributed by atoms with van der Waals surface area (Å²) < 4.78 is 5.68. The van der Waals surface area contributed by atoms with Gasteiger partial charge in [-0.15, -0.1) is 0 Å². The molecule has 2 aromatic carbocycles. The number of carbonyl (C=O) groups excluding carboxylic acids is 2. The molecule has 28 heavy (non-hydrogen) atoms. The number of rotatable bonds is 9. The Kier molecular flexibility index (Phi) is 8.05. The van der Waals surface area contributed by atoms with Crippen LogP contribution in [0.25, 0.3) is 0 Å². The van der Waals surface area contributed by atoms with Gasteiger partial charge in [0.25, 0.3) is 5.91 Å². The van der Waals surface area contributed by atoms with E-state index < -0.39 is 6.04 Å². The average molecular weight is 383 g/mol. The lowest BCUT2D eigenvalue weighted by atomic mass is 10.1. The SMILES string of the molecule is CCNC(=O)C(CC)N(Cc1cccc(C)c1)C(=O)COc1ccc(C)cc1. The zero-order valence-corrected chi connectivity index (χ0v) is 17.2. The van der Waals surface area contributed by atoms with Crippen LogP contribution in [0.4, 0.5) is 0 Å². The number of nitrogens with zero attached hydrogens (tertiary/aromatic N) is 1. The smallest absolute Gasteiger partial charge is 0.261 e. The number of hydrogen-bond acceptors (Lipinski definition) is 3. The fourth-order valence-corrected chi connectivity index (χ4v) is 3.08. The first kappa shape index (κ1) is 21.5. The number of ether oxygens (including phenoxy) is 1. The van der Waals surface area contributed by atoms with Gasteiger partial charge in [0, 0.05) is 13.1 Å². The third-order valence-electron chi connectivity index (χ3n) is 4.56. The van der Waals surface area contributed by atoms with Gasteiger partial charge in [0.15, 0.2) is 6.61 Å². The third kappa shape index (κ3) is 6.12. The molecule has 2 aromatic rings. The summed E-state index contributed by atoms with van der Waals surface area (Å²) in [5.74, 6) is 0.294. The second-order valence-corrected chi connectivity index (χ2v) is 6.93. The van der Waals surface area contributed by atoms with E-state index in [1.165, 1.54) is 0 Å². The molecule has 0 heterocycles. The molecule has 0 aliphatic carbocycles. The van der Waals surface area contributed by atoms with Gasteiger partial charge in [-0.2, -0.15) is 0 Å². The largest absolute Gasteiger partial charge is 0.484 e. The molecule has 0 aliphatic rings. The minimum absolute atomic E-state index is 0.106. The van der Waals surface area contributed by atoms with E-state index in [1.807, 2.05) is 76.2 Å². The predicted molar refractivity (Wildman–Crippen MR) is 111 cm³/mol. The lowest BCUT2D eigenvalue weighted by molar-refractivity contribution is -0.142. The topological polar surface area (TPSA) is 58.6 Å². The van der Waals surface area contributed by atoms with E-state index in [4.69, 9.17) is 4.74 Å². The molecule has 5 nitrogen and oxygen atoms in total. The molecule has 0 radical (unpaired) electrons. The van der Waals surface area contributed by atoms with Crippen LogP contribution in [0.1, 0.15) is 37.0 Å². The van der Waals surface area contributed by atoms with Crippen LogP contribution in [0.15, 0.2) is 48.5 Å². The molecular formula is C23H30N2O3. The number of hydrogen-bond donors (Lipinski definition) is 1. The molecule has 1 unspecified atom stereocenters. The molecule has 1 N–H and O–H groups in total. The van der Waals surface area contributed by atoms with E-state index in [9.17, 15) is 9.59 Å². The predicted octanol–water partition coefficient (Wildman–Crippen LogP) is 3.63. The molecule has 0 saturated carbocycles. The fourth-order valence-electron chi connectivity index (χ4n) is 3.08. The van der Waals surface area contributed by atoms with Crippen LogP contribution < -0.4 is 10.1 Å². The van der Waals surface area contributed by atoms with Crippen molar-refractivity contribution in [3.8, 4) is 5.75 Å². The van der Waals surface area contributed by atoms with Gasteiger partial charge in [0.2, 0.25) is 5.91 Å². The molecule has 0 aliphatic heterocycles. The molecule has 0 bridgehead atoms. The Bertz CT molecular complexity index is 787. The van der Waals surface area contributed by atoms with Crippen LogP contribution >= 0.6 is 0 Å². The highest BCUT2D eigenvalue weighted by molar-refractivity contribution is 5.88. The van der Waals surface area contributed by atoms with E-state index in [0.29, 0.717) is 25.3 Å². The van der Waals surface area contributed by atoms with Gasteiger partial charge < -0.3 is 15.0 Å². The van der Waals surface area contributed by atoms with Crippen LogP contribution in [0.2, 0.25) is 0 Å². The lowest BCUT2D eigenvalue weighted by Crippen LogP contribution is -2.50. The van der Waals surface area contributed by atoms with Crippen LogP contribution in [-0.2, 0) is 16.1 Å². The van der Waals surface area contributed by atoms with Gasteiger partial charge in [-0.1, -0.05) is 54.4 Å². The van der Waals surface area contributed by atoms with Crippen molar-refractivity contribution in [2.45, 2.75) is 46.7 Å². The number of aryl methyl sites for hydroxylation is 2. The van der Waals surface area contributed by atoms with Crippen molar-refractivity contribution in [2.75, 3.05) is 13.2 Å². The van der Waals surface area contributed by atoms with Crippen molar-refractivity contribution in [3.63, 3.8) is 0 Å². The molecule has 150 valence electrons. The van der Waals surface area contributed by atoms with Crippen molar-refractivity contribution in [3.05, 3.63) is 65.2 Å². The molecule has 2 rings (SSSR count). The highest BCUT2D eigenvalue weighted by Gasteiger charge is 2.28. The Labute approximate surface area is 167 Å². The van der Waals surface area contributed by atoms with Crippen LogP contribution in [0.3, 0.4) is 0 Å². The molecule has 2 amide bonds. The number of benzene rings is 2. The Hall–Kier alpha value is -2.82. The molecule has 5 heteroatoms. The number of amides is 2. The van der Waals surface area contributed by atoms with Gasteiger partial charge in [0.05, 0.1) is 0 Å². The van der Waals surface area contributed by atoms with Gasteiger partial charge in [-0.05, 0) is 44.9 Å². The molecule has 0 spiro atoms. The summed E-state index contributed by atoms with van der Waals surface area (Å²) in [4.78, 5) is 27.2. The number of carbonyl (C=O) groups is 2. The number of likely N-dealkylation sites (N-methyl/N-ethyl adjacent to an activating group) is 1. The quantitative estimate of drug-likeness (QED) is 0.721. The van der Waals surface area contributed by atoms with Crippen molar-refractivity contribution in [1.29, 1.82) is 0 Å². The second-order valence-electron chi connectivity index (χ2n) is 6.93. The van der Waals surface area contributed by atoms with Crippen molar-refractivity contribution in [1.82, 2.24) is 10.2 Å². The Balaban J connectivity index is 2.18.